The number of carbonyl (C=O) groups is 1. The molecule has 0 aliphatic rings. The van der Waals surface area contributed by atoms with Crippen molar-refractivity contribution in [2.45, 2.75) is 0 Å². The van der Waals surface area contributed by atoms with Gasteiger partial charge >= 0.3 is 0 Å². The average molecular weight is 389 g/mol. The number of Topliss-reactive ketones (excluding diaryl/α,β-unsaturated/α-hetero) is 1. The van der Waals surface area contributed by atoms with Gasteiger partial charge in [0.15, 0.2) is 0 Å². The number of hydrogen-bond acceptors (Lipinski definition) is 3. The van der Waals surface area contributed by atoms with Gasteiger partial charge in [0.25, 0.3) is 0 Å². The zero-order valence-corrected chi connectivity index (χ0v) is 13.5. The SMILES string of the molecule is COc1ccc(C(=O)/C(C#N)=C\c2ccccc2I)cc1. The Kier molecular flexibility index (Phi) is 5.12. The van der Waals surface area contributed by atoms with E-state index in [0.717, 1.165) is 9.13 Å². The summed E-state index contributed by atoms with van der Waals surface area (Å²) >= 11 is 2.18. The van der Waals surface area contributed by atoms with Crippen LogP contribution < -0.4 is 4.74 Å². The van der Waals surface area contributed by atoms with Gasteiger partial charge in [-0.3, -0.25) is 4.79 Å². The summed E-state index contributed by atoms with van der Waals surface area (Å²) in [6.45, 7) is 0. The molecule has 0 fully saturated rings. The number of allylic oxidation sites excluding steroid dienone is 1. The van der Waals surface area contributed by atoms with Crippen LogP contribution in [0.15, 0.2) is 54.1 Å². The number of hydrogen-bond donors (Lipinski definition) is 0. The Hall–Kier alpha value is -2.13. The molecule has 2 aromatic rings. The molecule has 0 unspecified atom stereocenters. The van der Waals surface area contributed by atoms with Crippen molar-refractivity contribution in [3.05, 3.63) is 68.8 Å². The van der Waals surface area contributed by atoms with Crippen molar-refractivity contribution in [3.8, 4) is 11.8 Å². The van der Waals surface area contributed by atoms with Crippen molar-refractivity contribution in [2.75, 3.05) is 7.11 Å². The zero-order valence-electron chi connectivity index (χ0n) is 11.3. The summed E-state index contributed by atoms with van der Waals surface area (Å²) in [5, 5.41) is 9.24. The highest BCUT2D eigenvalue weighted by Crippen LogP contribution is 2.19. The van der Waals surface area contributed by atoms with Crippen LogP contribution in [0.2, 0.25) is 0 Å². The molecule has 0 bridgehead atoms. The number of halogens is 1. The molecular formula is C17H12INO2. The molecule has 0 radical (unpaired) electrons. The first-order chi connectivity index (χ1) is 10.2. The highest BCUT2D eigenvalue weighted by Gasteiger charge is 2.12. The van der Waals surface area contributed by atoms with Gasteiger partial charge in [0, 0.05) is 9.13 Å². The second-order valence-electron chi connectivity index (χ2n) is 4.25. The van der Waals surface area contributed by atoms with Crippen molar-refractivity contribution in [1.82, 2.24) is 0 Å². The fourth-order valence-electron chi connectivity index (χ4n) is 1.79. The molecule has 0 aliphatic carbocycles. The second kappa shape index (κ2) is 7.04. The molecule has 3 nitrogen and oxygen atoms in total. The Balaban J connectivity index is 2.35. The molecule has 0 aromatic heterocycles. The minimum absolute atomic E-state index is 0.115. The van der Waals surface area contributed by atoms with E-state index in [0.29, 0.717) is 11.3 Å². The normalized spacial score (nSPS) is 10.8. The number of methoxy groups -OCH3 is 1. The van der Waals surface area contributed by atoms with E-state index in [1.54, 1.807) is 37.5 Å². The summed E-state index contributed by atoms with van der Waals surface area (Å²) in [5.41, 5.74) is 1.44. The third-order valence-electron chi connectivity index (χ3n) is 2.92. The molecule has 104 valence electrons. The molecule has 2 aromatic carbocycles. The number of rotatable bonds is 4. The highest BCUT2D eigenvalue weighted by molar-refractivity contribution is 14.1. The van der Waals surface area contributed by atoms with E-state index in [-0.39, 0.29) is 11.4 Å². The summed E-state index contributed by atoms with van der Waals surface area (Å²) in [6, 6.07) is 16.3. The zero-order chi connectivity index (χ0) is 15.2. The van der Waals surface area contributed by atoms with Gasteiger partial charge in [-0.25, -0.2) is 0 Å². The lowest BCUT2D eigenvalue weighted by Gasteiger charge is -2.03. The van der Waals surface area contributed by atoms with E-state index in [4.69, 9.17) is 4.74 Å². The van der Waals surface area contributed by atoms with Gasteiger partial charge in [0.2, 0.25) is 5.78 Å². The van der Waals surface area contributed by atoms with Crippen molar-refractivity contribution >= 4 is 34.5 Å². The first-order valence-corrected chi connectivity index (χ1v) is 7.28. The maximum absolute atomic E-state index is 12.4. The van der Waals surface area contributed by atoms with E-state index >= 15 is 0 Å². The van der Waals surface area contributed by atoms with Gasteiger partial charge in [0.05, 0.1) is 7.11 Å². The smallest absolute Gasteiger partial charge is 0.203 e. The number of benzene rings is 2. The molecule has 0 saturated heterocycles. The molecule has 0 atom stereocenters. The lowest BCUT2D eigenvalue weighted by Crippen LogP contribution is -2.02. The number of ether oxygens (including phenoxy) is 1. The lowest BCUT2D eigenvalue weighted by molar-refractivity contribution is 0.104. The number of carbonyl (C=O) groups excluding carboxylic acids is 1. The van der Waals surface area contributed by atoms with Crippen LogP contribution in [-0.2, 0) is 0 Å². The lowest BCUT2D eigenvalue weighted by atomic mass is 10.0. The largest absolute Gasteiger partial charge is 0.497 e. The van der Waals surface area contributed by atoms with Crippen LogP contribution in [-0.4, -0.2) is 12.9 Å². The maximum Gasteiger partial charge on any atom is 0.203 e. The number of nitrogens with zero attached hydrogens (tertiary/aromatic N) is 1. The summed E-state index contributed by atoms with van der Waals surface area (Å²) < 4.78 is 6.05. The van der Waals surface area contributed by atoms with E-state index in [2.05, 4.69) is 22.6 Å². The van der Waals surface area contributed by atoms with E-state index in [9.17, 15) is 10.1 Å². The summed E-state index contributed by atoms with van der Waals surface area (Å²) in [7, 11) is 1.56. The highest BCUT2D eigenvalue weighted by atomic mass is 127. The molecule has 4 heteroatoms. The Labute approximate surface area is 137 Å². The van der Waals surface area contributed by atoms with Gasteiger partial charge in [-0.1, -0.05) is 18.2 Å². The monoisotopic (exact) mass is 389 g/mol. The molecule has 0 heterocycles. The Morgan fingerprint density at radius 1 is 1.19 bits per heavy atom. The molecule has 2 rings (SSSR count). The first kappa shape index (κ1) is 15.3. The fourth-order valence-corrected chi connectivity index (χ4v) is 2.34. The predicted octanol–water partition coefficient (Wildman–Crippen LogP) is 4.09. The third-order valence-corrected chi connectivity index (χ3v) is 3.90. The molecule has 0 spiro atoms. The van der Waals surface area contributed by atoms with Crippen molar-refractivity contribution < 1.29 is 9.53 Å². The van der Waals surface area contributed by atoms with Gasteiger partial charge in [0.1, 0.15) is 17.4 Å². The van der Waals surface area contributed by atoms with Crippen LogP contribution in [0.5, 0.6) is 5.75 Å². The van der Waals surface area contributed by atoms with E-state index < -0.39 is 0 Å². The first-order valence-electron chi connectivity index (χ1n) is 6.21. The van der Waals surface area contributed by atoms with Crippen LogP contribution in [0.4, 0.5) is 0 Å². The van der Waals surface area contributed by atoms with E-state index in [1.807, 2.05) is 30.3 Å². The minimum Gasteiger partial charge on any atom is -0.497 e. The Bertz CT molecular complexity index is 727. The van der Waals surface area contributed by atoms with E-state index in [1.165, 1.54) is 0 Å². The minimum atomic E-state index is -0.292. The molecule has 0 saturated carbocycles. The fraction of sp³-hybridized carbons (Fsp3) is 0.0588. The van der Waals surface area contributed by atoms with Crippen molar-refractivity contribution in [1.29, 1.82) is 5.26 Å². The van der Waals surface area contributed by atoms with Crippen LogP contribution in [0, 0.1) is 14.9 Å². The van der Waals surface area contributed by atoms with Crippen LogP contribution in [0.1, 0.15) is 15.9 Å². The molecule has 21 heavy (non-hydrogen) atoms. The molecule has 0 aliphatic heterocycles. The quantitative estimate of drug-likeness (QED) is 0.343. The van der Waals surface area contributed by atoms with Crippen molar-refractivity contribution in [3.63, 3.8) is 0 Å². The second-order valence-corrected chi connectivity index (χ2v) is 5.41. The molecule has 0 N–H and O–H groups in total. The van der Waals surface area contributed by atoms with Gasteiger partial charge in [-0.15, -0.1) is 0 Å². The summed E-state index contributed by atoms with van der Waals surface area (Å²) in [4.78, 5) is 12.4. The van der Waals surface area contributed by atoms with Crippen LogP contribution in [0.3, 0.4) is 0 Å². The Morgan fingerprint density at radius 3 is 2.43 bits per heavy atom. The topological polar surface area (TPSA) is 50.1 Å². The molecular weight excluding hydrogens is 377 g/mol. The summed E-state index contributed by atoms with van der Waals surface area (Å²) in [6.07, 6.45) is 1.62. The van der Waals surface area contributed by atoms with Crippen LogP contribution in [0.25, 0.3) is 6.08 Å². The van der Waals surface area contributed by atoms with Gasteiger partial charge < -0.3 is 4.74 Å². The number of nitriles is 1. The number of ketones is 1. The Morgan fingerprint density at radius 2 is 1.86 bits per heavy atom. The third kappa shape index (κ3) is 3.70. The average Bonchev–Trinajstić information content (AvgIpc) is 2.53. The van der Waals surface area contributed by atoms with Gasteiger partial charge in [-0.05, 0) is 64.6 Å². The van der Waals surface area contributed by atoms with Crippen LogP contribution >= 0.6 is 22.6 Å². The summed E-state index contributed by atoms with van der Waals surface area (Å²) in [5.74, 6) is 0.381. The standard InChI is InChI=1S/C17H12INO2/c1-21-15-8-6-12(7-9-15)17(20)14(11-19)10-13-4-2-3-5-16(13)18/h2-10H,1H3/b14-10-. The van der Waals surface area contributed by atoms with Gasteiger partial charge in [-0.2, -0.15) is 5.26 Å². The maximum atomic E-state index is 12.4. The van der Waals surface area contributed by atoms with Crippen molar-refractivity contribution in [2.24, 2.45) is 0 Å². The predicted molar refractivity (Wildman–Crippen MR) is 90.1 cm³/mol. The molecule has 0 amide bonds.